The van der Waals surface area contributed by atoms with Crippen LogP contribution in [0, 0.1) is 0 Å². The minimum absolute atomic E-state index is 0.130. The SMILES string of the molecule is CCn1c(=O)[nH]c2cc(C(=O)Nc3cccc(S(=O)(=O)N4CCCCCC4)c3)ccc2c1=O. The highest BCUT2D eigenvalue weighted by Crippen LogP contribution is 2.23. The second kappa shape index (κ2) is 9.32. The molecule has 2 aromatic carbocycles. The number of H-pyrrole nitrogens is 1. The Kier molecular flexibility index (Phi) is 6.48. The summed E-state index contributed by atoms with van der Waals surface area (Å²) >= 11 is 0. The Balaban J connectivity index is 1.59. The van der Waals surface area contributed by atoms with E-state index in [9.17, 15) is 22.8 Å². The highest BCUT2D eigenvalue weighted by Gasteiger charge is 2.25. The van der Waals surface area contributed by atoms with Crippen molar-refractivity contribution >= 4 is 32.5 Å². The number of hydrogen-bond acceptors (Lipinski definition) is 5. The molecule has 1 amide bonds. The second-order valence-electron chi connectivity index (χ2n) is 8.04. The van der Waals surface area contributed by atoms with Gasteiger partial charge in [0.1, 0.15) is 0 Å². The predicted octanol–water partition coefficient (Wildman–Crippen LogP) is 2.53. The van der Waals surface area contributed by atoms with Crippen LogP contribution in [-0.4, -0.2) is 41.3 Å². The number of carbonyl (C=O) groups excluding carboxylic acids is 1. The van der Waals surface area contributed by atoms with Gasteiger partial charge in [0.05, 0.1) is 15.8 Å². The lowest BCUT2D eigenvalue weighted by Crippen LogP contribution is -2.34. The highest BCUT2D eigenvalue weighted by molar-refractivity contribution is 7.89. The Morgan fingerprint density at radius 3 is 2.45 bits per heavy atom. The molecule has 1 aromatic heterocycles. The van der Waals surface area contributed by atoms with Crippen molar-refractivity contribution in [3.8, 4) is 0 Å². The molecule has 4 rings (SSSR count). The molecule has 1 aliphatic heterocycles. The first kappa shape index (κ1) is 22.9. The number of rotatable bonds is 5. The normalized spacial score (nSPS) is 15.3. The fraction of sp³-hybridized carbons (Fsp3) is 0.348. The van der Waals surface area contributed by atoms with Crippen molar-refractivity contribution in [3.05, 3.63) is 68.9 Å². The van der Waals surface area contributed by atoms with E-state index >= 15 is 0 Å². The quantitative estimate of drug-likeness (QED) is 0.594. The summed E-state index contributed by atoms with van der Waals surface area (Å²) in [5, 5.41) is 3.01. The summed E-state index contributed by atoms with van der Waals surface area (Å²) in [7, 11) is -3.65. The molecule has 0 aliphatic carbocycles. The molecule has 1 fully saturated rings. The molecule has 1 aliphatic rings. The minimum atomic E-state index is -3.65. The zero-order valence-electron chi connectivity index (χ0n) is 18.3. The van der Waals surface area contributed by atoms with Gasteiger partial charge in [-0.3, -0.25) is 14.2 Å². The monoisotopic (exact) mass is 470 g/mol. The number of sulfonamides is 1. The average molecular weight is 471 g/mol. The van der Waals surface area contributed by atoms with Gasteiger partial charge in [0.2, 0.25) is 10.0 Å². The lowest BCUT2D eigenvalue weighted by atomic mass is 10.1. The molecule has 1 saturated heterocycles. The summed E-state index contributed by atoms with van der Waals surface area (Å²) in [6.07, 6.45) is 3.71. The van der Waals surface area contributed by atoms with Gasteiger partial charge in [0.25, 0.3) is 11.5 Å². The van der Waals surface area contributed by atoms with Gasteiger partial charge in [-0.1, -0.05) is 18.9 Å². The molecule has 9 nitrogen and oxygen atoms in total. The van der Waals surface area contributed by atoms with Crippen LogP contribution < -0.4 is 16.6 Å². The second-order valence-corrected chi connectivity index (χ2v) is 9.98. The van der Waals surface area contributed by atoms with Gasteiger partial charge < -0.3 is 10.3 Å². The van der Waals surface area contributed by atoms with E-state index in [-0.39, 0.29) is 22.5 Å². The van der Waals surface area contributed by atoms with Crippen LogP contribution in [0.2, 0.25) is 0 Å². The molecular weight excluding hydrogens is 444 g/mol. The number of nitrogens with zero attached hydrogens (tertiary/aromatic N) is 2. The van der Waals surface area contributed by atoms with E-state index in [1.54, 1.807) is 19.1 Å². The van der Waals surface area contributed by atoms with E-state index in [4.69, 9.17) is 0 Å². The molecule has 0 radical (unpaired) electrons. The average Bonchev–Trinajstić information content (AvgIpc) is 3.09. The first-order chi connectivity index (χ1) is 15.8. The summed E-state index contributed by atoms with van der Waals surface area (Å²) < 4.78 is 28.7. The maximum Gasteiger partial charge on any atom is 0.328 e. The van der Waals surface area contributed by atoms with Crippen LogP contribution >= 0.6 is 0 Å². The van der Waals surface area contributed by atoms with E-state index < -0.39 is 27.2 Å². The molecule has 174 valence electrons. The maximum absolute atomic E-state index is 13.1. The molecule has 0 saturated carbocycles. The van der Waals surface area contributed by atoms with Gasteiger partial charge in [-0.2, -0.15) is 4.31 Å². The Morgan fingerprint density at radius 1 is 1.03 bits per heavy atom. The third-order valence-corrected chi connectivity index (χ3v) is 7.75. The third-order valence-electron chi connectivity index (χ3n) is 5.86. The van der Waals surface area contributed by atoms with Crippen LogP contribution in [0.15, 0.2) is 56.9 Å². The fourth-order valence-corrected chi connectivity index (χ4v) is 5.62. The smallest absolute Gasteiger partial charge is 0.322 e. The molecule has 33 heavy (non-hydrogen) atoms. The van der Waals surface area contributed by atoms with Crippen molar-refractivity contribution in [1.82, 2.24) is 13.9 Å². The van der Waals surface area contributed by atoms with Crippen LogP contribution in [0.25, 0.3) is 10.9 Å². The standard InChI is InChI=1S/C23H26N4O5S/c1-2-27-22(29)19-11-10-16(14-20(19)25-23(27)30)21(28)24-17-8-7-9-18(15-17)33(31,32)26-12-5-3-4-6-13-26/h7-11,14-15H,2-6,12-13H2,1H3,(H,24,28)(H,25,30). The zero-order chi connectivity index (χ0) is 23.6. The summed E-state index contributed by atoms with van der Waals surface area (Å²) in [5.74, 6) is -0.485. The van der Waals surface area contributed by atoms with Crippen molar-refractivity contribution in [2.45, 2.75) is 44.0 Å². The predicted molar refractivity (Wildman–Crippen MR) is 126 cm³/mol. The molecule has 10 heteroatoms. The Morgan fingerprint density at radius 2 is 1.76 bits per heavy atom. The van der Waals surface area contributed by atoms with Crippen molar-refractivity contribution in [2.75, 3.05) is 18.4 Å². The van der Waals surface area contributed by atoms with E-state index in [0.717, 1.165) is 30.3 Å². The number of aromatic nitrogens is 2. The molecule has 3 aromatic rings. The molecule has 2 heterocycles. The van der Waals surface area contributed by atoms with Crippen LogP contribution in [-0.2, 0) is 16.6 Å². The van der Waals surface area contributed by atoms with Gasteiger partial charge >= 0.3 is 5.69 Å². The number of hydrogen-bond donors (Lipinski definition) is 2. The van der Waals surface area contributed by atoms with E-state index in [1.807, 2.05) is 0 Å². The third kappa shape index (κ3) is 4.62. The summed E-state index contributed by atoms with van der Waals surface area (Å²) in [4.78, 5) is 40.1. The topological polar surface area (TPSA) is 121 Å². The Labute approximate surface area is 191 Å². The van der Waals surface area contributed by atoms with Crippen LogP contribution in [0.1, 0.15) is 43.0 Å². The molecule has 0 bridgehead atoms. The lowest BCUT2D eigenvalue weighted by molar-refractivity contribution is 0.102. The zero-order valence-corrected chi connectivity index (χ0v) is 19.2. The molecule has 2 N–H and O–H groups in total. The molecular formula is C23H26N4O5S. The van der Waals surface area contributed by atoms with E-state index in [1.165, 1.54) is 34.6 Å². The van der Waals surface area contributed by atoms with Gasteiger partial charge in [-0.25, -0.2) is 13.2 Å². The molecule has 0 atom stereocenters. The van der Waals surface area contributed by atoms with Crippen molar-refractivity contribution in [3.63, 3.8) is 0 Å². The number of carbonyl (C=O) groups is 1. The number of nitrogens with one attached hydrogen (secondary N) is 2. The summed E-state index contributed by atoms with van der Waals surface area (Å²) in [6, 6.07) is 10.6. The maximum atomic E-state index is 13.1. The van der Waals surface area contributed by atoms with E-state index in [2.05, 4.69) is 10.3 Å². The Hall–Kier alpha value is -3.24. The van der Waals surface area contributed by atoms with Gasteiger partial charge in [-0.05, 0) is 56.2 Å². The van der Waals surface area contributed by atoms with E-state index in [0.29, 0.717) is 24.2 Å². The number of benzene rings is 2. The first-order valence-electron chi connectivity index (χ1n) is 11.0. The minimum Gasteiger partial charge on any atom is -0.322 e. The van der Waals surface area contributed by atoms with Crippen LogP contribution in [0.4, 0.5) is 5.69 Å². The van der Waals surface area contributed by atoms with Crippen molar-refractivity contribution in [1.29, 1.82) is 0 Å². The largest absolute Gasteiger partial charge is 0.328 e. The number of anilines is 1. The van der Waals surface area contributed by atoms with Gasteiger partial charge in [0.15, 0.2) is 0 Å². The summed E-state index contributed by atoms with van der Waals surface area (Å²) in [6.45, 7) is 2.93. The van der Waals surface area contributed by atoms with Gasteiger partial charge in [0, 0.05) is 30.9 Å². The van der Waals surface area contributed by atoms with Gasteiger partial charge in [-0.15, -0.1) is 0 Å². The van der Waals surface area contributed by atoms with Crippen molar-refractivity contribution < 1.29 is 13.2 Å². The van der Waals surface area contributed by atoms with Crippen LogP contribution in [0.5, 0.6) is 0 Å². The number of aromatic amines is 1. The fourth-order valence-electron chi connectivity index (χ4n) is 4.05. The summed E-state index contributed by atoms with van der Waals surface area (Å²) in [5.41, 5.74) is -0.132. The highest BCUT2D eigenvalue weighted by atomic mass is 32.2. The molecule has 0 unspecified atom stereocenters. The van der Waals surface area contributed by atoms with Crippen molar-refractivity contribution in [2.24, 2.45) is 0 Å². The molecule has 0 spiro atoms. The lowest BCUT2D eigenvalue weighted by Gasteiger charge is -2.20. The number of fused-ring (bicyclic) bond motifs is 1. The van der Waals surface area contributed by atoms with Crippen LogP contribution in [0.3, 0.4) is 0 Å². The number of amides is 1. The Bertz CT molecular complexity index is 1420. The first-order valence-corrected chi connectivity index (χ1v) is 12.4.